The van der Waals surface area contributed by atoms with Crippen LogP contribution < -0.4 is 9.47 Å². The molecule has 0 amide bonds. The van der Waals surface area contributed by atoms with Crippen LogP contribution in [0.3, 0.4) is 0 Å². The maximum Gasteiger partial charge on any atom is 0.347 e. The van der Waals surface area contributed by atoms with Gasteiger partial charge in [-0.25, -0.2) is 4.79 Å². The van der Waals surface area contributed by atoms with Gasteiger partial charge in [0.05, 0.1) is 6.10 Å². The minimum Gasteiger partial charge on any atom is -0.489 e. The average molecular weight is 328 g/mol. The lowest BCUT2D eigenvalue weighted by Gasteiger charge is -2.18. The second kappa shape index (κ2) is 8.96. The predicted molar refractivity (Wildman–Crippen MR) is 93.2 cm³/mol. The van der Waals surface area contributed by atoms with Gasteiger partial charge in [0.2, 0.25) is 0 Å². The van der Waals surface area contributed by atoms with Gasteiger partial charge >= 0.3 is 5.97 Å². The standard InChI is InChI=1S/C20H24O4/c1-4-19(20(21)23-15(2)3)24-18-12-10-17(11-13-18)22-14-16-8-6-5-7-9-16/h5-13,15,19H,4,14H2,1-3H3. The topological polar surface area (TPSA) is 44.8 Å². The van der Waals surface area contributed by atoms with E-state index in [2.05, 4.69) is 0 Å². The molecule has 0 aromatic heterocycles. The van der Waals surface area contributed by atoms with Gasteiger partial charge in [-0.1, -0.05) is 37.3 Å². The molecular weight excluding hydrogens is 304 g/mol. The van der Waals surface area contributed by atoms with E-state index in [1.807, 2.05) is 63.2 Å². The zero-order chi connectivity index (χ0) is 17.4. The maximum atomic E-state index is 11.9. The van der Waals surface area contributed by atoms with E-state index < -0.39 is 6.10 Å². The van der Waals surface area contributed by atoms with Crippen LogP contribution >= 0.6 is 0 Å². The molecule has 2 rings (SSSR count). The molecule has 128 valence electrons. The molecule has 2 aromatic carbocycles. The van der Waals surface area contributed by atoms with Gasteiger partial charge in [0.1, 0.15) is 18.1 Å². The highest BCUT2D eigenvalue weighted by Crippen LogP contribution is 2.20. The highest BCUT2D eigenvalue weighted by atomic mass is 16.6. The van der Waals surface area contributed by atoms with E-state index in [0.29, 0.717) is 18.8 Å². The van der Waals surface area contributed by atoms with Gasteiger partial charge in [0.25, 0.3) is 0 Å². The van der Waals surface area contributed by atoms with E-state index in [4.69, 9.17) is 14.2 Å². The van der Waals surface area contributed by atoms with Gasteiger partial charge in [-0.05, 0) is 50.1 Å². The molecule has 0 spiro atoms. The van der Waals surface area contributed by atoms with E-state index in [1.54, 1.807) is 12.1 Å². The molecule has 24 heavy (non-hydrogen) atoms. The Hall–Kier alpha value is -2.49. The number of benzene rings is 2. The van der Waals surface area contributed by atoms with Gasteiger partial charge in [0.15, 0.2) is 6.10 Å². The van der Waals surface area contributed by atoms with Crippen LogP contribution in [0.15, 0.2) is 54.6 Å². The average Bonchev–Trinajstić information content (AvgIpc) is 2.59. The van der Waals surface area contributed by atoms with E-state index in [0.717, 1.165) is 11.3 Å². The van der Waals surface area contributed by atoms with Crippen molar-refractivity contribution in [1.29, 1.82) is 0 Å². The first-order chi connectivity index (χ1) is 11.6. The molecule has 1 atom stereocenters. The van der Waals surface area contributed by atoms with Gasteiger partial charge in [-0.3, -0.25) is 0 Å². The lowest BCUT2D eigenvalue weighted by molar-refractivity contribution is -0.155. The molecule has 0 heterocycles. The van der Waals surface area contributed by atoms with Crippen LogP contribution in [0.4, 0.5) is 0 Å². The number of carbonyl (C=O) groups excluding carboxylic acids is 1. The summed E-state index contributed by atoms with van der Waals surface area (Å²) < 4.78 is 16.6. The van der Waals surface area contributed by atoms with Crippen LogP contribution in [0.1, 0.15) is 32.8 Å². The summed E-state index contributed by atoms with van der Waals surface area (Å²) in [6.45, 7) is 6.05. The smallest absolute Gasteiger partial charge is 0.347 e. The third-order valence-corrected chi connectivity index (χ3v) is 3.34. The van der Waals surface area contributed by atoms with Gasteiger partial charge in [-0.2, -0.15) is 0 Å². The van der Waals surface area contributed by atoms with Crippen LogP contribution in [-0.2, 0) is 16.1 Å². The van der Waals surface area contributed by atoms with Crippen molar-refractivity contribution in [3.8, 4) is 11.5 Å². The molecule has 0 bridgehead atoms. The Morgan fingerprint density at radius 3 is 2.17 bits per heavy atom. The lowest BCUT2D eigenvalue weighted by atomic mass is 10.2. The predicted octanol–water partition coefficient (Wildman–Crippen LogP) is 4.37. The van der Waals surface area contributed by atoms with Crippen LogP contribution in [-0.4, -0.2) is 18.2 Å². The van der Waals surface area contributed by atoms with Crippen LogP contribution in [0.25, 0.3) is 0 Å². The Labute approximate surface area is 143 Å². The second-order valence-electron chi connectivity index (χ2n) is 5.75. The van der Waals surface area contributed by atoms with E-state index in [9.17, 15) is 4.79 Å². The van der Waals surface area contributed by atoms with Crippen molar-refractivity contribution in [3.05, 3.63) is 60.2 Å². The molecule has 0 aliphatic heterocycles. The van der Waals surface area contributed by atoms with Crippen molar-refractivity contribution >= 4 is 5.97 Å². The zero-order valence-corrected chi connectivity index (χ0v) is 14.4. The number of hydrogen-bond acceptors (Lipinski definition) is 4. The summed E-state index contributed by atoms with van der Waals surface area (Å²) in [5.74, 6) is 1.04. The van der Waals surface area contributed by atoms with Gasteiger partial charge in [0, 0.05) is 0 Å². The molecule has 0 aliphatic carbocycles. The first kappa shape index (κ1) is 17.9. The Morgan fingerprint density at radius 2 is 1.58 bits per heavy atom. The minimum absolute atomic E-state index is 0.149. The third-order valence-electron chi connectivity index (χ3n) is 3.34. The Bertz CT molecular complexity index is 620. The quantitative estimate of drug-likeness (QED) is 0.675. The molecule has 4 heteroatoms. The van der Waals surface area contributed by atoms with Crippen molar-refractivity contribution in [2.75, 3.05) is 0 Å². The van der Waals surface area contributed by atoms with Gasteiger partial charge in [-0.15, -0.1) is 0 Å². The SMILES string of the molecule is CCC(Oc1ccc(OCc2ccccc2)cc1)C(=O)OC(C)C. The van der Waals surface area contributed by atoms with Crippen LogP contribution in [0, 0.1) is 0 Å². The fourth-order valence-corrected chi connectivity index (χ4v) is 2.13. The molecule has 0 saturated heterocycles. The fraction of sp³-hybridized carbons (Fsp3) is 0.350. The first-order valence-electron chi connectivity index (χ1n) is 8.22. The number of ether oxygens (including phenoxy) is 3. The summed E-state index contributed by atoms with van der Waals surface area (Å²) in [7, 11) is 0. The number of hydrogen-bond donors (Lipinski definition) is 0. The van der Waals surface area contributed by atoms with Crippen LogP contribution in [0.2, 0.25) is 0 Å². The van der Waals surface area contributed by atoms with Crippen molar-refractivity contribution in [3.63, 3.8) is 0 Å². The van der Waals surface area contributed by atoms with Crippen LogP contribution in [0.5, 0.6) is 11.5 Å². The normalized spacial score (nSPS) is 11.8. The molecule has 4 nitrogen and oxygen atoms in total. The zero-order valence-electron chi connectivity index (χ0n) is 14.4. The molecule has 0 N–H and O–H groups in total. The number of carbonyl (C=O) groups is 1. The summed E-state index contributed by atoms with van der Waals surface area (Å²) in [6.07, 6.45) is -0.190. The molecule has 0 fully saturated rings. The lowest BCUT2D eigenvalue weighted by Crippen LogP contribution is -2.30. The van der Waals surface area contributed by atoms with Crippen molar-refractivity contribution in [2.45, 2.75) is 46.0 Å². The molecule has 0 radical (unpaired) electrons. The summed E-state index contributed by atoms with van der Waals surface area (Å²) in [4.78, 5) is 11.9. The minimum atomic E-state index is -0.594. The molecule has 0 aliphatic rings. The first-order valence-corrected chi connectivity index (χ1v) is 8.22. The molecule has 1 unspecified atom stereocenters. The van der Waals surface area contributed by atoms with Gasteiger partial charge < -0.3 is 14.2 Å². The largest absolute Gasteiger partial charge is 0.489 e. The third kappa shape index (κ3) is 5.61. The van der Waals surface area contributed by atoms with Crippen molar-refractivity contribution in [2.24, 2.45) is 0 Å². The maximum absolute atomic E-state index is 11.9. The van der Waals surface area contributed by atoms with Crippen molar-refractivity contribution in [1.82, 2.24) is 0 Å². The summed E-state index contributed by atoms with van der Waals surface area (Å²) >= 11 is 0. The van der Waals surface area contributed by atoms with E-state index in [-0.39, 0.29) is 12.1 Å². The molecular formula is C20H24O4. The number of rotatable bonds is 8. The second-order valence-corrected chi connectivity index (χ2v) is 5.75. The highest BCUT2D eigenvalue weighted by molar-refractivity contribution is 5.75. The monoisotopic (exact) mass is 328 g/mol. The Morgan fingerprint density at radius 1 is 0.958 bits per heavy atom. The Kier molecular flexibility index (Phi) is 6.67. The highest BCUT2D eigenvalue weighted by Gasteiger charge is 2.21. The van der Waals surface area contributed by atoms with E-state index >= 15 is 0 Å². The fourth-order valence-electron chi connectivity index (χ4n) is 2.13. The number of esters is 1. The summed E-state index contributed by atoms with van der Waals surface area (Å²) in [5, 5.41) is 0. The van der Waals surface area contributed by atoms with Crippen molar-refractivity contribution < 1.29 is 19.0 Å². The molecule has 0 saturated carbocycles. The summed E-state index contributed by atoms with van der Waals surface area (Å²) in [6, 6.07) is 17.2. The Balaban J connectivity index is 1.90. The van der Waals surface area contributed by atoms with E-state index in [1.165, 1.54) is 0 Å². The molecule has 2 aromatic rings. The summed E-state index contributed by atoms with van der Waals surface area (Å²) in [5.41, 5.74) is 1.11.